The van der Waals surface area contributed by atoms with Crippen molar-refractivity contribution in [1.82, 2.24) is 0 Å². The Morgan fingerprint density at radius 1 is 1.00 bits per heavy atom. The van der Waals surface area contributed by atoms with E-state index in [-0.39, 0.29) is 10.8 Å². The van der Waals surface area contributed by atoms with Gasteiger partial charge >= 0.3 is 0 Å². The Bertz CT molecular complexity index is 427. The zero-order chi connectivity index (χ0) is 12.7. The molecule has 1 unspecified atom stereocenters. The lowest BCUT2D eigenvalue weighted by atomic mass is 9.61. The van der Waals surface area contributed by atoms with Crippen LogP contribution in [-0.4, -0.2) is 5.78 Å². The van der Waals surface area contributed by atoms with Crippen LogP contribution in [0.25, 0.3) is 0 Å². The Kier molecular flexibility index (Phi) is 2.89. The number of rotatable bonds is 1. The number of ketones is 1. The van der Waals surface area contributed by atoms with Crippen LogP contribution in [0.4, 0.5) is 0 Å². The van der Waals surface area contributed by atoms with Crippen LogP contribution < -0.4 is 0 Å². The maximum Gasteiger partial charge on any atom is 0.134 e. The highest BCUT2D eigenvalue weighted by Crippen LogP contribution is 2.46. The van der Waals surface area contributed by atoms with Gasteiger partial charge in [-0.3, -0.25) is 4.79 Å². The fraction of sp³-hybridized carbons (Fsp3) is 0.562. The lowest BCUT2D eigenvalue weighted by molar-refractivity contribution is -0.125. The molecule has 0 aromatic heterocycles. The van der Waals surface area contributed by atoms with Crippen molar-refractivity contribution in [1.29, 1.82) is 0 Å². The molecule has 0 spiro atoms. The second kappa shape index (κ2) is 3.97. The van der Waals surface area contributed by atoms with Crippen molar-refractivity contribution in [2.45, 2.75) is 52.4 Å². The lowest BCUT2D eigenvalue weighted by Gasteiger charge is -2.42. The largest absolute Gasteiger partial charge is 0.300 e. The number of carbonyl (C=O) groups excluding carboxylic acids is 1. The molecule has 2 rings (SSSR count). The molecule has 1 nitrogen and oxygen atoms in total. The first-order valence-corrected chi connectivity index (χ1v) is 6.40. The summed E-state index contributed by atoms with van der Waals surface area (Å²) in [6, 6.07) is 8.66. The fourth-order valence-electron chi connectivity index (χ4n) is 3.37. The van der Waals surface area contributed by atoms with E-state index in [1.807, 2.05) is 0 Å². The first kappa shape index (κ1) is 12.3. The number of benzene rings is 1. The van der Waals surface area contributed by atoms with Crippen molar-refractivity contribution in [3.8, 4) is 0 Å². The highest BCUT2D eigenvalue weighted by atomic mass is 16.1. The molecule has 1 atom stereocenters. The molecule has 0 N–H and O–H groups in total. The smallest absolute Gasteiger partial charge is 0.134 e. The molecule has 1 aliphatic rings. The molecular weight excluding hydrogens is 208 g/mol. The number of Topliss-reactive ketones (excluding diaryl/α,β-unsaturated/α-hetero) is 1. The van der Waals surface area contributed by atoms with Crippen LogP contribution in [0.5, 0.6) is 0 Å². The molecule has 0 radical (unpaired) electrons. The normalized spacial score (nSPS) is 28.1. The van der Waals surface area contributed by atoms with Gasteiger partial charge in [0, 0.05) is 12.8 Å². The number of aryl methyl sites for hydroxylation is 1. The average Bonchev–Trinajstić information content (AvgIpc) is 2.14. The topological polar surface area (TPSA) is 17.1 Å². The predicted octanol–water partition coefficient (Wildman–Crippen LogP) is 4.03. The van der Waals surface area contributed by atoms with E-state index >= 15 is 0 Å². The Morgan fingerprint density at radius 2 is 1.59 bits per heavy atom. The van der Waals surface area contributed by atoms with E-state index in [0.29, 0.717) is 12.2 Å². The first-order chi connectivity index (χ1) is 7.81. The van der Waals surface area contributed by atoms with Gasteiger partial charge in [-0.2, -0.15) is 0 Å². The van der Waals surface area contributed by atoms with Crippen molar-refractivity contribution < 1.29 is 4.79 Å². The maximum absolute atomic E-state index is 11.9. The molecule has 92 valence electrons. The molecule has 0 amide bonds. The summed E-state index contributed by atoms with van der Waals surface area (Å²) in [6.45, 7) is 8.74. The van der Waals surface area contributed by atoms with E-state index in [4.69, 9.17) is 0 Å². The summed E-state index contributed by atoms with van der Waals surface area (Å²) in [7, 11) is 0. The first-order valence-electron chi connectivity index (χ1n) is 6.40. The van der Waals surface area contributed by atoms with Crippen LogP contribution in [0.1, 0.15) is 51.2 Å². The van der Waals surface area contributed by atoms with Gasteiger partial charge in [-0.05, 0) is 29.7 Å². The third kappa shape index (κ3) is 2.59. The van der Waals surface area contributed by atoms with Crippen molar-refractivity contribution in [2.75, 3.05) is 0 Å². The third-order valence-electron chi connectivity index (χ3n) is 3.88. The summed E-state index contributed by atoms with van der Waals surface area (Å²) in [5.74, 6) is 0.407. The van der Waals surface area contributed by atoms with Gasteiger partial charge in [0.2, 0.25) is 0 Å². The molecule has 1 aromatic rings. The molecule has 0 bridgehead atoms. The lowest BCUT2D eigenvalue weighted by Crippen LogP contribution is -2.38. The summed E-state index contributed by atoms with van der Waals surface area (Å²) in [6.07, 6.45) is 2.52. The third-order valence-corrected chi connectivity index (χ3v) is 3.88. The number of hydrogen-bond acceptors (Lipinski definition) is 1. The van der Waals surface area contributed by atoms with Crippen LogP contribution in [0.2, 0.25) is 0 Å². The second-order valence-corrected chi connectivity index (χ2v) is 6.66. The van der Waals surface area contributed by atoms with Crippen molar-refractivity contribution in [3.05, 3.63) is 35.4 Å². The Morgan fingerprint density at radius 3 is 2.12 bits per heavy atom. The van der Waals surface area contributed by atoms with Crippen molar-refractivity contribution in [2.24, 2.45) is 5.41 Å². The highest BCUT2D eigenvalue weighted by Gasteiger charge is 2.41. The Labute approximate surface area is 104 Å². The molecule has 1 aliphatic carbocycles. The second-order valence-electron chi connectivity index (χ2n) is 6.66. The predicted molar refractivity (Wildman–Crippen MR) is 71.2 cm³/mol. The highest BCUT2D eigenvalue weighted by molar-refractivity contribution is 5.81. The zero-order valence-electron chi connectivity index (χ0n) is 11.3. The molecule has 1 saturated carbocycles. The van der Waals surface area contributed by atoms with E-state index in [2.05, 4.69) is 52.0 Å². The Hall–Kier alpha value is -1.11. The van der Waals surface area contributed by atoms with Gasteiger partial charge in [0.15, 0.2) is 0 Å². The summed E-state index contributed by atoms with van der Waals surface area (Å²) in [4.78, 5) is 11.9. The Balaban J connectivity index is 2.35. The van der Waals surface area contributed by atoms with Gasteiger partial charge in [0.1, 0.15) is 5.78 Å². The monoisotopic (exact) mass is 230 g/mol. The average molecular weight is 230 g/mol. The number of carbonyl (C=O) groups is 1. The van der Waals surface area contributed by atoms with Crippen molar-refractivity contribution >= 4 is 5.78 Å². The van der Waals surface area contributed by atoms with Gasteiger partial charge in [-0.15, -0.1) is 0 Å². The summed E-state index contributed by atoms with van der Waals surface area (Å²) >= 11 is 0. The van der Waals surface area contributed by atoms with Crippen LogP contribution >= 0.6 is 0 Å². The molecule has 1 fully saturated rings. The van der Waals surface area contributed by atoms with Crippen LogP contribution in [-0.2, 0) is 10.2 Å². The maximum atomic E-state index is 11.9. The molecule has 0 aliphatic heterocycles. The van der Waals surface area contributed by atoms with Gasteiger partial charge < -0.3 is 0 Å². The zero-order valence-corrected chi connectivity index (χ0v) is 11.3. The van der Waals surface area contributed by atoms with E-state index in [0.717, 1.165) is 12.8 Å². The van der Waals surface area contributed by atoms with E-state index in [9.17, 15) is 4.79 Å². The molecule has 1 aromatic carbocycles. The summed E-state index contributed by atoms with van der Waals surface area (Å²) < 4.78 is 0. The standard InChI is InChI=1S/C16H22O/c1-12-5-7-13(8-6-12)16(4)10-14(17)9-15(2,3)11-16/h5-8H,9-11H2,1-4H3. The van der Waals surface area contributed by atoms with E-state index in [1.165, 1.54) is 11.1 Å². The molecular formula is C16H22O. The van der Waals surface area contributed by atoms with E-state index in [1.54, 1.807) is 0 Å². The van der Waals surface area contributed by atoms with Gasteiger partial charge in [0.05, 0.1) is 0 Å². The van der Waals surface area contributed by atoms with Crippen LogP contribution in [0, 0.1) is 12.3 Å². The minimum atomic E-state index is 0.0204. The summed E-state index contributed by atoms with van der Waals surface area (Å²) in [5, 5.41) is 0. The van der Waals surface area contributed by atoms with Crippen molar-refractivity contribution in [3.63, 3.8) is 0 Å². The minimum absolute atomic E-state index is 0.0204. The van der Waals surface area contributed by atoms with Gasteiger partial charge in [-0.1, -0.05) is 50.6 Å². The molecule has 17 heavy (non-hydrogen) atoms. The minimum Gasteiger partial charge on any atom is -0.300 e. The van der Waals surface area contributed by atoms with E-state index < -0.39 is 0 Å². The van der Waals surface area contributed by atoms with Gasteiger partial charge in [0.25, 0.3) is 0 Å². The molecule has 0 saturated heterocycles. The SMILES string of the molecule is Cc1ccc(C2(C)CC(=O)CC(C)(C)C2)cc1. The molecule has 1 heteroatoms. The fourth-order valence-corrected chi connectivity index (χ4v) is 3.37. The van der Waals surface area contributed by atoms with Crippen LogP contribution in [0.3, 0.4) is 0 Å². The molecule has 0 heterocycles. The summed E-state index contributed by atoms with van der Waals surface area (Å²) in [5.41, 5.74) is 2.74. The number of hydrogen-bond donors (Lipinski definition) is 0. The van der Waals surface area contributed by atoms with Crippen LogP contribution in [0.15, 0.2) is 24.3 Å². The van der Waals surface area contributed by atoms with Gasteiger partial charge in [-0.25, -0.2) is 0 Å². The quantitative estimate of drug-likeness (QED) is 0.712.